The maximum atomic E-state index is 12.7. The van der Waals surface area contributed by atoms with Crippen LogP contribution in [0.4, 0.5) is 0 Å². The van der Waals surface area contributed by atoms with E-state index in [2.05, 4.69) is 21.2 Å². The molecule has 0 radical (unpaired) electrons. The third kappa shape index (κ3) is 5.68. The first-order valence-corrected chi connectivity index (χ1v) is 9.76. The van der Waals surface area contributed by atoms with Gasteiger partial charge < -0.3 is 10.2 Å². The molecule has 0 aliphatic rings. The first-order valence-electron chi connectivity index (χ1n) is 8.15. The molecule has 134 valence electrons. The van der Waals surface area contributed by atoms with Crippen LogP contribution >= 0.6 is 27.3 Å². The normalized spacial score (nSPS) is 11.2. The Morgan fingerprint density at radius 1 is 1.12 bits per heavy atom. The van der Waals surface area contributed by atoms with Crippen LogP contribution in [-0.4, -0.2) is 35.3 Å². The van der Waals surface area contributed by atoms with Crippen molar-refractivity contribution >= 4 is 39.1 Å². The molecule has 0 unspecified atom stereocenters. The fourth-order valence-corrected chi connectivity index (χ4v) is 3.58. The summed E-state index contributed by atoms with van der Waals surface area (Å²) in [5.41, 5.74) is 0.762. The highest BCUT2D eigenvalue weighted by atomic mass is 79.9. The molecule has 0 aliphatic carbocycles. The lowest BCUT2D eigenvalue weighted by Gasteiger charge is -2.24. The summed E-state index contributed by atoms with van der Waals surface area (Å²) in [5, 5.41) is 2.89. The molecule has 2 aromatic rings. The lowest BCUT2D eigenvalue weighted by Crippen LogP contribution is -2.47. The molecular weight excluding hydrogens is 400 g/mol. The Balaban J connectivity index is 2.10. The highest BCUT2D eigenvalue weighted by Gasteiger charge is 2.21. The summed E-state index contributed by atoms with van der Waals surface area (Å²) in [7, 11) is 0. The van der Waals surface area contributed by atoms with Crippen LogP contribution in [0.1, 0.15) is 37.4 Å². The highest BCUT2D eigenvalue weighted by Crippen LogP contribution is 2.29. The van der Waals surface area contributed by atoms with E-state index in [9.17, 15) is 9.59 Å². The standard InChI is InChI=1S/C19H23BrN2O2S/c1-5-22(12-17(23)21-19(2,3)4)18(24)16-11-10-15(25-16)13-6-8-14(20)9-7-13/h6-11H,5,12H2,1-4H3,(H,21,23). The van der Waals surface area contributed by atoms with Crippen molar-refractivity contribution in [2.24, 2.45) is 0 Å². The summed E-state index contributed by atoms with van der Waals surface area (Å²) in [6.45, 7) is 8.21. The van der Waals surface area contributed by atoms with Crippen LogP contribution in [0.2, 0.25) is 0 Å². The Kier molecular flexibility index (Phi) is 6.41. The minimum atomic E-state index is -0.308. The van der Waals surface area contributed by atoms with Gasteiger partial charge in [0, 0.05) is 21.4 Å². The number of nitrogens with one attached hydrogen (secondary N) is 1. The molecule has 0 spiro atoms. The Hall–Kier alpha value is -1.66. The number of nitrogens with zero attached hydrogens (tertiary/aromatic N) is 1. The highest BCUT2D eigenvalue weighted by molar-refractivity contribution is 9.10. The molecule has 0 saturated heterocycles. The second-order valence-electron chi connectivity index (χ2n) is 6.79. The van der Waals surface area contributed by atoms with Gasteiger partial charge in [-0.2, -0.15) is 0 Å². The fraction of sp³-hybridized carbons (Fsp3) is 0.368. The summed E-state index contributed by atoms with van der Waals surface area (Å²) in [4.78, 5) is 28.1. The molecule has 25 heavy (non-hydrogen) atoms. The van der Waals surface area contributed by atoms with Gasteiger partial charge in [-0.3, -0.25) is 9.59 Å². The first-order chi connectivity index (χ1) is 11.7. The van der Waals surface area contributed by atoms with Crippen molar-refractivity contribution in [2.45, 2.75) is 33.2 Å². The predicted molar refractivity (Wildman–Crippen MR) is 107 cm³/mol. The number of carbonyl (C=O) groups excluding carboxylic acids is 2. The lowest BCUT2D eigenvalue weighted by molar-refractivity contribution is -0.123. The number of halogens is 1. The molecule has 2 amide bonds. The average Bonchev–Trinajstić information content (AvgIpc) is 3.01. The predicted octanol–water partition coefficient (Wildman–Crippen LogP) is 4.55. The summed E-state index contributed by atoms with van der Waals surface area (Å²) in [5.74, 6) is -0.257. The second-order valence-corrected chi connectivity index (χ2v) is 8.79. The van der Waals surface area contributed by atoms with E-state index in [1.54, 1.807) is 4.90 Å². The van der Waals surface area contributed by atoms with E-state index in [0.29, 0.717) is 11.4 Å². The van der Waals surface area contributed by atoms with E-state index in [1.807, 2.05) is 64.1 Å². The monoisotopic (exact) mass is 422 g/mol. The van der Waals surface area contributed by atoms with Crippen LogP contribution in [-0.2, 0) is 4.79 Å². The SMILES string of the molecule is CCN(CC(=O)NC(C)(C)C)C(=O)c1ccc(-c2ccc(Br)cc2)s1. The maximum Gasteiger partial charge on any atom is 0.264 e. The first kappa shape index (κ1) is 19.7. The molecule has 1 heterocycles. The topological polar surface area (TPSA) is 49.4 Å². The number of hydrogen-bond acceptors (Lipinski definition) is 3. The molecule has 0 aliphatic heterocycles. The van der Waals surface area contributed by atoms with Crippen molar-refractivity contribution in [3.63, 3.8) is 0 Å². The largest absolute Gasteiger partial charge is 0.350 e. The summed E-state index contributed by atoms with van der Waals surface area (Å²) in [6.07, 6.45) is 0. The van der Waals surface area contributed by atoms with E-state index < -0.39 is 0 Å². The van der Waals surface area contributed by atoms with Crippen molar-refractivity contribution in [1.29, 1.82) is 0 Å². The molecule has 0 bridgehead atoms. The Morgan fingerprint density at radius 2 is 1.76 bits per heavy atom. The third-order valence-corrected chi connectivity index (χ3v) is 5.11. The van der Waals surface area contributed by atoms with Crippen LogP contribution in [0.25, 0.3) is 10.4 Å². The Morgan fingerprint density at radius 3 is 2.32 bits per heavy atom. The van der Waals surface area contributed by atoms with Gasteiger partial charge >= 0.3 is 0 Å². The van der Waals surface area contributed by atoms with Gasteiger partial charge in [0.1, 0.15) is 0 Å². The van der Waals surface area contributed by atoms with Gasteiger partial charge in [0.25, 0.3) is 5.91 Å². The van der Waals surface area contributed by atoms with E-state index >= 15 is 0 Å². The van der Waals surface area contributed by atoms with Crippen molar-refractivity contribution in [3.8, 4) is 10.4 Å². The van der Waals surface area contributed by atoms with Gasteiger partial charge in [0.2, 0.25) is 5.91 Å². The molecule has 0 fully saturated rings. The van der Waals surface area contributed by atoms with Crippen LogP contribution < -0.4 is 5.32 Å². The fourth-order valence-electron chi connectivity index (χ4n) is 2.34. The number of amides is 2. The molecule has 6 heteroatoms. The molecule has 0 saturated carbocycles. The average molecular weight is 423 g/mol. The van der Waals surface area contributed by atoms with Crippen molar-refractivity contribution in [2.75, 3.05) is 13.1 Å². The van der Waals surface area contributed by atoms with Crippen LogP contribution in [0.5, 0.6) is 0 Å². The number of carbonyl (C=O) groups is 2. The molecular formula is C19H23BrN2O2S. The zero-order valence-electron chi connectivity index (χ0n) is 14.9. The summed E-state index contributed by atoms with van der Waals surface area (Å²) in [6, 6.07) is 11.8. The molecule has 1 aromatic carbocycles. The summed E-state index contributed by atoms with van der Waals surface area (Å²) >= 11 is 4.87. The van der Waals surface area contributed by atoms with Gasteiger partial charge in [0.15, 0.2) is 0 Å². The molecule has 1 aromatic heterocycles. The van der Waals surface area contributed by atoms with Crippen molar-refractivity contribution < 1.29 is 9.59 Å². The Bertz CT molecular complexity index is 748. The smallest absolute Gasteiger partial charge is 0.264 e. The zero-order valence-corrected chi connectivity index (χ0v) is 17.3. The van der Waals surface area contributed by atoms with Crippen molar-refractivity contribution in [1.82, 2.24) is 10.2 Å². The zero-order chi connectivity index (χ0) is 18.6. The van der Waals surface area contributed by atoms with E-state index in [4.69, 9.17) is 0 Å². The lowest BCUT2D eigenvalue weighted by atomic mass is 10.1. The van der Waals surface area contributed by atoms with E-state index in [1.165, 1.54) is 11.3 Å². The number of thiophene rings is 1. The van der Waals surface area contributed by atoms with Crippen LogP contribution in [0.15, 0.2) is 40.9 Å². The van der Waals surface area contributed by atoms with Gasteiger partial charge in [0.05, 0.1) is 11.4 Å². The molecule has 0 atom stereocenters. The maximum absolute atomic E-state index is 12.7. The number of likely N-dealkylation sites (N-methyl/N-ethyl adjacent to an activating group) is 1. The van der Waals surface area contributed by atoms with E-state index in [0.717, 1.165) is 14.9 Å². The Labute approximate surface area is 161 Å². The number of rotatable bonds is 5. The van der Waals surface area contributed by atoms with Gasteiger partial charge in [-0.15, -0.1) is 11.3 Å². The minimum absolute atomic E-state index is 0.0676. The van der Waals surface area contributed by atoms with Crippen LogP contribution in [0.3, 0.4) is 0 Å². The van der Waals surface area contributed by atoms with Crippen molar-refractivity contribution in [3.05, 3.63) is 45.7 Å². The second kappa shape index (κ2) is 8.15. The van der Waals surface area contributed by atoms with Gasteiger partial charge in [-0.1, -0.05) is 28.1 Å². The minimum Gasteiger partial charge on any atom is -0.350 e. The van der Waals surface area contributed by atoms with Gasteiger partial charge in [-0.25, -0.2) is 0 Å². The number of benzene rings is 1. The quantitative estimate of drug-likeness (QED) is 0.767. The van der Waals surface area contributed by atoms with Gasteiger partial charge in [-0.05, 0) is 57.5 Å². The third-order valence-electron chi connectivity index (χ3n) is 3.46. The molecule has 2 rings (SSSR count). The number of hydrogen-bond donors (Lipinski definition) is 1. The molecule has 4 nitrogen and oxygen atoms in total. The van der Waals surface area contributed by atoms with Crippen LogP contribution in [0, 0.1) is 0 Å². The summed E-state index contributed by atoms with van der Waals surface area (Å²) < 4.78 is 1.02. The molecule has 1 N–H and O–H groups in total. The van der Waals surface area contributed by atoms with E-state index in [-0.39, 0.29) is 23.9 Å².